The number of fused-ring (bicyclic) bond motifs is 5. The van der Waals surface area contributed by atoms with Crippen LogP contribution in [-0.4, -0.2) is 0 Å². The highest BCUT2D eigenvalue weighted by Gasteiger charge is 2.14. The Morgan fingerprint density at radius 1 is 1.06 bits per heavy atom. The molecule has 4 heteroatoms. The second kappa shape index (κ2) is 3.73. The molecule has 0 radical (unpaired) electrons. The first-order valence-electron chi connectivity index (χ1n) is 5.42. The van der Waals surface area contributed by atoms with Gasteiger partial charge in [-0.3, -0.25) is 0 Å². The molecule has 0 saturated carbocycles. The molecule has 88 valence electrons. The summed E-state index contributed by atoms with van der Waals surface area (Å²) in [5, 5.41) is 4.24. The standard InChI is InChI=1S/C14H6BrClOS/c15-7-1-3-9-11(5-7)17-14-13(9)10-6-8(16)2-4-12(10)18-14/h1-6H. The van der Waals surface area contributed by atoms with Crippen LogP contribution in [0.4, 0.5) is 0 Å². The first-order chi connectivity index (χ1) is 8.72. The van der Waals surface area contributed by atoms with Crippen molar-refractivity contribution in [1.29, 1.82) is 0 Å². The Kier molecular flexibility index (Phi) is 2.25. The lowest BCUT2D eigenvalue weighted by Gasteiger charge is -1.93. The van der Waals surface area contributed by atoms with Gasteiger partial charge in [-0.15, -0.1) is 0 Å². The van der Waals surface area contributed by atoms with Crippen LogP contribution in [0.1, 0.15) is 0 Å². The summed E-state index contributed by atoms with van der Waals surface area (Å²) in [6, 6.07) is 12.1. The number of rotatable bonds is 0. The van der Waals surface area contributed by atoms with Crippen LogP contribution in [0.15, 0.2) is 45.3 Å². The van der Waals surface area contributed by atoms with Crippen molar-refractivity contribution < 1.29 is 4.42 Å². The minimum absolute atomic E-state index is 0.758. The minimum Gasteiger partial charge on any atom is -0.445 e. The number of benzene rings is 2. The maximum atomic E-state index is 6.09. The van der Waals surface area contributed by atoms with Crippen molar-refractivity contribution >= 4 is 70.2 Å². The van der Waals surface area contributed by atoms with E-state index < -0.39 is 0 Å². The highest BCUT2D eigenvalue weighted by molar-refractivity contribution is 9.10. The largest absolute Gasteiger partial charge is 0.445 e. The van der Waals surface area contributed by atoms with E-state index in [1.807, 2.05) is 30.3 Å². The molecule has 0 saturated heterocycles. The van der Waals surface area contributed by atoms with E-state index in [0.29, 0.717) is 0 Å². The Labute approximate surface area is 120 Å². The molecule has 0 amide bonds. The molecule has 0 bridgehead atoms. The van der Waals surface area contributed by atoms with E-state index in [1.165, 1.54) is 15.5 Å². The summed E-state index contributed by atoms with van der Waals surface area (Å²) >= 11 is 11.2. The van der Waals surface area contributed by atoms with Gasteiger partial charge >= 0.3 is 0 Å². The molecule has 0 spiro atoms. The Balaban J connectivity index is 2.28. The summed E-state index contributed by atoms with van der Waals surface area (Å²) in [6.07, 6.45) is 0. The first-order valence-corrected chi connectivity index (χ1v) is 7.41. The van der Waals surface area contributed by atoms with Gasteiger partial charge in [-0.25, -0.2) is 0 Å². The van der Waals surface area contributed by atoms with Crippen LogP contribution in [0.5, 0.6) is 0 Å². The summed E-state index contributed by atoms with van der Waals surface area (Å²) < 4.78 is 8.14. The third-order valence-corrected chi connectivity index (χ3v) is 4.81. The molecule has 0 N–H and O–H groups in total. The minimum atomic E-state index is 0.758. The Bertz CT molecular complexity index is 906. The third-order valence-electron chi connectivity index (χ3n) is 3.03. The summed E-state index contributed by atoms with van der Waals surface area (Å²) in [5.41, 5.74) is 0.910. The predicted molar refractivity (Wildman–Crippen MR) is 81.8 cm³/mol. The van der Waals surface area contributed by atoms with Crippen LogP contribution >= 0.6 is 38.9 Å². The molecule has 0 unspecified atom stereocenters. The first kappa shape index (κ1) is 10.9. The van der Waals surface area contributed by atoms with Gasteiger partial charge in [0.25, 0.3) is 0 Å². The third kappa shape index (κ3) is 1.44. The average molecular weight is 338 g/mol. The lowest BCUT2D eigenvalue weighted by Crippen LogP contribution is -1.68. The number of hydrogen-bond acceptors (Lipinski definition) is 2. The summed E-state index contributed by atoms with van der Waals surface area (Å²) in [4.78, 5) is 0.959. The van der Waals surface area contributed by atoms with E-state index >= 15 is 0 Å². The van der Waals surface area contributed by atoms with Crippen molar-refractivity contribution in [3.05, 3.63) is 45.9 Å². The van der Waals surface area contributed by atoms with Gasteiger partial charge in [-0.2, -0.15) is 0 Å². The molecule has 2 heterocycles. The van der Waals surface area contributed by atoms with Crippen LogP contribution in [0, 0.1) is 0 Å². The zero-order valence-corrected chi connectivity index (χ0v) is 12.2. The number of furan rings is 1. The van der Waals surface area contributed by atoms with Gasteiger partial charge in [-0.1, -0.05) is 38.9 Å². The molecule has 2 aromatic carbocycles. The van der Waals surface area contributed by atoms with Crippen LogP contribution in [0.2, 0.25) is 5.02 Å². The normalized spacial score (nSPS) is 11.9. The molecule has 4 rings (SSSR count). The van der Waals surface area contributed by atoms with Crippen molar-refractivity contribution in [1.82, 2.24) is 0 Å². The Hall–Kier alpha value is -1.03. The summed E-state index contributed by atoms with van der Waals surface area (Å²) in [5.74, 6) is 0. The SMILES string of the molecule is Clc1ccc2sc3oc4cc(Br)ccc4c3c2c1. The van der Waals surface area contributed by atoms with Gasteiger partial charge in [0.2, 0.25) is 0 Å². The fourth-order valence-electron chi connectivity index (χ4n) is 2.26. The fourth-order valence-corrected chi connectivity index (χ4v) is 3.83. The quantitative estimate of drug-likeness (QED) is 0.371. The van der Waals surface area contributed by atoms with Crippen LogP contribution in [0.25, 0.3) is 31.3 Å². The molecule has 0 aliphatic carbocycles. The van der Waals surface area contributed by atoms with Crippen molar-refractivity contribution in [3.63, 3.8) is 0 Å². The second-order valence-electron chi connectivity index (χ2n) is 4.15. The van der Waals surface area contributed by atoms with Gasteiger partial charge in [-0.05, 0) is 36.4 Å². The van der Waals surface area contributed by atoms with Crippen molar-refractivity contribution in [2.24, 2.45) is 0 Å². The zero-order valence-electron chi connectivity index (χ0n) is 9.04. The molecule has 4 aromatic rings. The number of hydrogen-bond donors (Lipinski definition) is 0. The maximum Gasteiger partial charge on any atom is 0.190 e. The molecule has 0 aliphatic rings. The van der Waals surface area contributed by atoms with E-state index in [4.69, 9.17) is 16.0 Å². The van der Waals surface area contributed by atoms with Gasteiger partial charge < -0.3 is 4.42 Å². The monoisotopic (exact) mass is 336 g/mol. The molecule has 18 heavy (non-hydrogen) atoms. The number of thiophene rings is 1. The molecular weight excluding hydrogens is 332 g/mol. The van der Waals surface area contributed by atoms with E-state index in [-0.39, 0.29) is 0 Å². The van der Waals surface area contributed by atoms with Gasteiger partial charge in [0.15, 0.2) is 4.90 Å². The highest BCUT2D eigenvalue weighted by atomic mass is 79.9. The second-order valence-corrected chi connectivity index (χ2v) is 6.51. The van der Waals surface area contributed by atoms with Gasteiger partial charge in [0.1, 0.15) is 5.58 Å². The Morgan fingerprint density at radius 2 is 1.94 bits per heavy atom. The Morgan fingerprint density at radius 3 is 2.83 bits per heavy atom. The molecular formula is C14H6BrClOS. The fraction of sp³-hybridized carbons (Fsp3) is 0. The van der Waals surface area contributed by atoms with E-state index in [0.717, 1.165) is 25.4 Å². The van der Waals surface area contributed by atoms with E-state index in [1.54, 1.807) is 11.3 Å². The van der Waals surface area contributed by atoms with Crippen LogP contribution in [-0.2, 0) is 0 Å². The van der Waals surface area contributed by atoms with E-state index in [9.17, 15) is 0 Å². The van der Waals surface area contributed by atoms with Crippen molar-refractivity contribution in [2.75, 3.05) is 0 Å². The smallest absolute Gasteiger partial charge is 0.190 e. The van der Waals surface area contributed by atoms with Gasteiger partial charge in [0.05, 0.1) is 0 Å². The molecule has 0 atom stereocenters. The molecule has 0 fully saturated rings. The lowest BCUT2D eigenvalue weighted by molar-refractivity contribution is 0.677. The topological polar surface area (TPSA) is 13.1 Å². The molecule has 2 aromatic heterocycles. The predicted octanol–water partition coefficient (Wildman–Crippen LogP) is 6.22. The van der Waals surface area contributed by atoms with Crippen LogP contribution < -0.4 is 0 Å². The van der Waals surface area contributed by atoms with Crippen LogP contribution in [0.3, 0.4) is 0 Å². The summed E-state index contributed by atoms with van der Waals surface area (Å²) in [6.45, 7) is 0. The maximum absolute atomic E-state index is 6.09. The van der Waals surface area contributed by atoms with Crippen molar-refractivity contribution in [3.8, 4) is 0 Å². The number of halogens is 2. The zero-order chi connectivity index (χ0) is 12.3. The average Bonchev–Trinajstić information content (AvgIpc) is 2.83. The molecule has 1 nitrogen and oxygen atoms in total. The van der Waals surface area contributed by atoms with Gasteiger partial charge in [0, 0.05) is 30.4 Å². The van der Waals surface area contributed by atoms with Crippen molar-refractivity contribution in [2.45, 2.75) is 0 Å². The van der Waals surface area contributed by atoms with E-state index in [2.05, 4.69) is 22.0 Å². The summed E-state index contributed by atoms with van der Waals surface area (Å²) in [7, 11) is 0. The molecule has 0 aliphatic heterocycles. The highest BCUT2D eigenvalue weighted by Crippen LogP contribution is 2.41. The lowest BCUT2D eigenvalue weighted by atomic mass is 10.1.